The Bertz CT molecular complexity index is 695. The molecule has 1 nitrogen and oxygen atoms in total. The highest BCUT2D eigenvalue weighted by atomic mass is 32.1. The second-order valence-electron chi connectivity index (χ2n) is 5.27. The van der Waals surface area contributed by atoms with Crippen LogP contribution in [0.25, 0.3) is 9.40 Å². The van der Waals surface area contributed by atoms with Gasteiger partial charge in [-0.05, 0) is 56.0 Å². The molecule has 0 spiro atoms. The fraction of sp³-hybridized carbons (Fsp3) is 0.294. The van der Waals surface area contributed by atoms with E-state index in [1.165, 1.54) is 31.0 Å². The van der Waals surface area contributed by atoms with Crippen LogP contribution in [0.15, 0.2) is 35.7 Å². The summed E-state index contributed by atoms with van der Waals surface area (Å²) >= 11 is 3.74. The standard InChI is InChI=1S/C17H19NS2/c1-11-4-5-12(2)13(8-11)9-14(18-3)16-10-17-15(20-16)6-7-19-17/h4-8,10,14,18H,9H2,1-3H3. The second-order valence-corrected chi connectivity index (χ2v) is 7.34. The molecule has 0 bridgehead atoms. The smallest absolute Gasteiger partial charge is 0.0454 e. The Kier molecular flexibility index (Phi) is 3.92. The van der Waals surface area contributed by atoms with Crippen LogP contribution in [0.1, 0.15) is 27.6 Å². The first-order chi connectivity index (χ1) is 9.67. The van der Waals surface area contributed by atoms with Gasteiger partial charge < -0.3 is 5.32 Å². The number of fused-ring (bicyclic) bond motifs is 1. The summed E-state index contributed by atoms with van der Waals surface area (Å²) in [6.45, 7) is 4.37. The third kappa shape index (κ3) is 2.66. The van der Waals surface area contributed by atoms with Gasteiger partial charge in [-0.25, -0.2) is 0 Å². The molecule has 0 saturated carbocycles. The van der Waals surface area contributed by atoms with Crippen molar-refractivity contribution in [3.8, 4) is 0 Å². The number of rotatable bonds is 4. The van der Waals surface area contributed by atoms with Gasteiger partial charge in [-0.15, -0.1) is 22.7 Å². The zero-order valence-electron chi connectivity index (χ0n) is 12.1. The number of hydrogen-bond acceptors (Lipinski definition) is 3. The largest absolute Gasteiger partial charge is 0.312 e. The van der Waals surface area contributed by atoms with Crippen LogP contribution in [0.5, 0.6) is 0 Å². The van der Waals surface area contributed by atoms with Crippen molar-refractivity contribution in [2.45, 2.75) is 26.3 Å². The summed E-state index contributed by atoms with van der Waals surface area (Å²) in [5, 5.41) is 5.65. The molecule has 0 saturated heterocycles. The quantitative estimate of drug-likeness (QED) is 0.708. The van der Waals surface area contributed by atoms with Gasteiger partial charge in [0.25, 0.3) is 0 Å². The third-order valence-electron chi connectivity index (χ3n) is 3.78. The maximum Gasteiger partial charge on any atom is 0.0454 e. The van der Waals surface area contributed by atoms with E-state index < -0.39 is 0 Å². The molecule has 0 fully saturated rings. The van der Waals surface area contributed by atoms with Crippen molar-refractivity contribution in [1.29, 1.82) is 0 Å². The molecule has 104 valence electrons. The van der Waals surface area contributed by atoms with Gasteiger partial charge in [0, 0.05) is 20.3 Å². The number of aryl methyl sites for hydroxylation is 2. The fourth-order valence-corrected chi connectivity index (χ4v) is 4.77. The van der Waals surface area contributed by atoms with Crippen molar-refractivity contribution in [3.05, 3.63) is 57.3 Å². The zero-order chi connectivity index (χ0) is 14.1. The summed E-state index contributed by atoms with van der Waals surface area (Å²) in [6.07, 6.45) is 1.05. The van der Waals surface area contributed by atoms with Crippen LogP contribution in [-0.2, 0) is 6.42 Å². The summed E-state index contributed by atoms with van der Waals surface area (Å²) in [5.41, 5.74) is 4.17. The summed E-state index contributed by atoms with van der Waals surface area (Å²) in [5.74, 6) is 0. The zero-order valence-corrected chi connectivity index (χ0v) is 13.7. The number of benzene rings is 1. The van der Waals surface area contributed by atoms with Crippen molar-refractivity contribution in [2.75, 3.05) is 7.05 Å². The van der Waals surface area contributed by atoms with Gasteiger partial charge in [-0.2, -0.15) is 0 Å². The van der Waals surface area contributed by atoms with Crippen LogP contribution in [0.3, 0.4) is 0 Å². The Balaban J connectivity index is 1.90. The lowest BCUT2D eigenvalue weighted by molar-refractivity contribution is 0.601. The summed E-state index contributed by atoms with van der Waals surface area (Å²) in [6, 6.07) is 11.7. The summed E-state index contributed by atoms with van der Waals surface area (Å²) < 4.78 is 2.82. The molecule has 1 atom stereocenters. The van der Waals surface area contributed by atoms with Crippen molar-refractivity contribution >= 4 is 32.1 Å². The van der Waals surface area contributed by atoms with Crippen molar-refractivity contribution in [2.24, 2.45) is 0 Å². The molecule has 3 aromatic rings. The van der Waals surface area contributed by atoms with E-state index in [2.05, 4.69) is 61.9 Å². The van der Waals surface area contributed by atoms with Crippen LogP contribution >= 0.6 is 22.7 Å². The predicted molar refractivity (Wildman–Crippen MR) is 91.1 cm³/mol. The minimum Gasteiger partial charge on any atom is -0.312 e. The van der Waals surface area contributed by atoms with Gasteiger partial charge in [0.1, 0.15) is 0 Å². The molecule has 3 rings (SSSR count). The Morgan fingerprint density at radius 2 is 1.95 bits per heavy atom. The number of hydrogen-bond donors (Lipinski definition) is 1. The van der Waals surface area contributed by atoms with E-state index in [-0.39, 0.29) is 0 Å². The fourth-order valence-electron chi connectivity index (χ4n) is 2.54. The van der Waals surface area contributed by atoms with Gasteiger partial charge in [-0.1, -0.05) is 23.8 Å². The molecule has 2 aromatic heterocycles. The molecule has 20 heavy (non-hydrogen) atoms. The maximum atomic E-state index is 3.48. The Hall–Kier alpha value is -1.16. The van der Waals surface area contributed by atoms with E-state index in [0.29, 0.717) is 6.04 Å². The van der Waals surface area contributed by atoms with Gasteiger partial charge in [0.15, 0.2) is 0 Å². The average Bonchev–Trinajstić information content (AvgIpc) is 3.00. The number of likely N-dealkylation sites (N-methyl/N-ethyl adjacent to an activating group) is 1. The van der Waals surface area contributed by atoms with Gasteiger partial charge >= 0.3 is 0 Å². The first-order valence-electron chi connectivity index (χ1n) is 6.87. The van der Waals surface area contributed by atoms with E-state index in [0.717, 1.165) is 6.42 Å². The molecule has 2 heterocycles. The first-order valence-corrected chi connectivity index (χ1v) is 8.57. The van der Waals surface area contributed by atoms with Crippen LogP contribution in [0.2, 0.25) is 0 Å². The summed E-state index contributed by atoms with van der Waals surface area (Å²) in [7, 11) is 2.06. The highest BCUT2D eigenvalue weighted by Crippen LogP contribution is 2.34. The Labute approximate surface area is 128 Å². The third-order valence-corrected chi connectivity index (χ3v) is 5.99. The molecule has 0 radical (unpaired) electrons. The van der Waals surface area contributed by atoms with Crippen LogP contribution < -0.4 is 5.32 Å². The predicted octanol–water partition coefficient (Wildman–Crippen LogP) is 5.08. The monoisotopic (exact) mass is 301 g/mol. The van der Waals surface area contributed by atoms with Crippen molar-refractivity contribution < 1.29 is 0 Å². The maximum absolute atomic E-state index is 3.48. The van der Waals surface area contributed by atoms with Gasteiger partial charge in [-0.3, -0.25) is 0 Å². The molecule has 0 amide bonds. The molecule has 1 aromatic carbocycles. The van der Waals surface area contributed by atoms with Gasteiger partial charge in [0.2, 0.25) is 0 Å². The molecular weight excluding hydrogens is 282 g/mol. The minimum atomic E-state index is 0.403. The normalized spacial score (nSPS) is 12.9. The van der Waals surface area contributed by atoms with Crippen LogP contribution in [0, 0.1) is 13.8 Å². The topological polar surface area (TPSA) is 12.0 Å². The summed E-state index contributed by atoms with van der Waals surface area (Å²) in [4.78, 5) is 1.44. The first kappa shape index (κ1) is 13.8. The molecule has 1 N–H and O–H groups in total. The Morgan fingerprint density at radius 1 is 1.10 bits per heavy atom. The van der Waals surface area contributed by atoms with Crippen LogP contribution in [0.4, 0.5) is 0 Å². The molecule has 3 heteroatoms. The van der Waals surface area contributed by atoms with E-state index in [1.807, 2.05) is 22.7 Å². The lowest BCUT2D eigenvalue weighted by Crippen LogP contribution is -2.18. The van der Waals surface area contributed by atoms with Gasteiger partial charge in [0.05, 0.1) is 0 Å². The van der Waals surface area contributed by atoms with E-state index in [4.69, 9.17) is 0 Å². The van der Waals surface area contributed by atoms with E-state index >= 15 is 0 Å². The second kappa shape index (κ2) is 5.68. The average molecular weight is 301 g/mol. The highest BCUT2D eigenvalue weighted by molar-refractivity contribution is 7.26. The minimum absolute atomic E-state index is 0.403. The number of thiophene rings is 2. The van der Waals surface area contributed by atoms with Crippen LogP contribution in [-0.4, -0.2) is 7.05 Å². The molecule has 0 aliphatic rings. The van der Waals surface area contributed by atoms with Crippen molar-refractivity contribution in [3.63, 3.8) is 0 Å². The van der Waals surface area contributed by atoms with E-state index in [9.17, 15) is 0 Å². The molecule has 0 aliphatic carbocycles. The molecule has 0 aliphatic heterocycles. The molecule has 1 unspecified atom stereocenters. The number of nitrogens with one attached hydrogen (secondary N) is 1. The lowest BCUT2D eigenvalue weighted by atomic mass is 9.98. The highest BCUT2D eigenvalue weighted by Gasteiger charge is 2.15. The Morgan fingerprint density at radius 3 is 2.70 bits per heavy atom. The van der Waals surface area contributed by atoms with Crippen molar-refractivity contribution in [1.82, 2.24) is 5.32 Å². The SMILES string of the molecule is CNC(Cc1cc(C)ccc1C)c1cc2sccc2s1. The lowest BCUT2D eigenvalue weighted by Gasteiger charge is -2.16. The molecular formula is C17H19NS2. The van der Waals surface area contributed by atoms with E-state index in [1.54, 1.807) is 0 Å².